The quantitative estimate of drug-likeness (QED) is 0.345. The fraction of sp³-hybridized carbons (Fsp3) is 0.375. The number of hydrogen-bond donors (Lipinski definition) is 2. The summed E-state index contributed by atoms with van der Waals surface area (Å²) in [6.45, 7) is 6.23. The average molecular weight is 488 g/mol. The van der Waals surface area contributed by atoms with Crippen molar-refractivity contribution in [3.05, 3.63) is 57.0 Å². The smallest absolute Gasteiger partial charge is 0.314 e. The fourth-order valence-electron chi connectivity index (χ4n) is 3.35. The zero-order chi connectivity index (χ0) is 25.6. The van der Waals surface area contributed by atoms with Crippen LogP contribution in [0.15, 0.2) is 35.1 Å². The maximum atomic E-state index is 12.6. The van der Waals surface area contributed by atoms with Gasteiger partial charge in [-0.2, -0.15) is 0 Å². The van der Waals surface area contributed by atoms with Crippen LogP contribution in [0.5, 0.6) is 0 Å². The van der Waals surface area contributed by atoms with E-state index in [1.54, 1.807) is 38.2 Å². The number of aryl methyl sites for hydroxylation is 1. The summed E-state index contributed by atoms with van der Waals surface area (Å²) >= 11 is 1.15. The standard InChI is InChI=1S/C22H23N3O6S.C2H6/c1-12-23-16-6-4-13(10-15(16)21(29)25(12)3)11-24(2)18-8-7-17(32-18)20(28)14(22(30)31)5-9-19(26)27;1-2/h4,6-8,10,14H,5,9,11H2,1-3H3,(H,26,27)(H,30,31);1-2H3. The monoisotopic (exact) mass is 487 g/mol. The summed E-state index contributed by atoms with van der Waals surface area (Å²) < 4.78 is 1.50. The summed E-state index contributed by atoms with van der Waals surface area (Å²) in [6.07, 6.45) is -0.650. The minimum atomic E-state index is -1.39. The van der Waals surface area contributed by atoms with Gasteiger partial charge in [-0.3, -0.25) is 23.7 Å². The molecule has 182 valence electrons. The number of benzene rings is 1. The molecule has 0 fully saturated rings. The lowest BCUT2D eigenvalue weighted by molar-refractivity contribution is -0.141. The lowest BCUT2D eigenvalue weighted by Crippen LogP contribution is -2.24. The van der Waals surface area contributed by atoms with E-state index in [0.717, 1.165) is 21.9 Å². The van der Waals surface area contributed by atoms with Gasteiger partial charge < -0.3 is 15.1 Å². The molecule has 3 aromatic rings. The number of ketones is 1. The van der Waals surface area contributed by atoms with Crippen LogP contribution in [0.2, 0.25) is 0 Å². The predicted octanol–water partition coefficient (Wildman–Crippen LogP) is 3.71. The van der Waals surface area contributed by atoms with Gasteiger partial charge in [0.05, 0.1) is 20.8 Å². The van der Waals surface area contributed by atoms with Crippen molar-refractivity contribution in [2.24, 2.45) is 13.0 Å². The van der Waals surface area contributed by atoms with E-state index in [0.29, 0.717) is 23.3 Å². The number of rotatable bonds is 9. The number of fused-ring (bicyclic) bond motifs is 1. The highest BCUT2D eigenvalue weighted by atomic mass is 32.1. The van der Waals surface area contributed by atoms with Crippen molar-refractivity contribution < 1.29 is 24.6 Å². The van der Waals surface area contributed by atoms with E-state index in [1.807, 2.05) is 31.9 Å². The van der Waals surface area contributed by atoms with Crippen LogP contribution < -0.4 is 10.5 Å². The Labute approximate surface area is 201 Å². The molecule has 0 bridgehead atoms. The number of carbonyl (C=O) groups is 3. The molecule has 1 unspecified atom stereocenters. The van der Waals surface area contributed by atoms with Crippen molar-refractivity contribution in [3.63, 3.8) is 0 Å². The highest BCUT2D eigenvalue weighted by Crippen LogP contribution is 2.29. The number of anilines is 1. The third-order valence-electron chi connectivity index (χ3n) is 5.26. The van der Waals surface area contributed by atoms with Gasteiger partial charge >= 0.3 is 11.9 Å². The Bertz CT molecular complexity index is 1260. The maximum Gasteiger partial charge on any atom is 0.314 e. The topological polar surface area (TPSA) is 130 Å². The van der Waals surface area contributed by atoms with E-state index in [2.05, 4.69) is 4.98 Å². The molecule has 34 heavy (non-hydrogen) atoms. The van der Waals surface area contributed by atoms with Gasteiger partial charge in [-0.25, -0.2) is 4.98 Å². The molecule has 0 aliphatic carbocycles. The molecule has 0 saturated carbocycles. The molecule has 2 aromatic heterocycles. The molecular weight excluding hydrogens is 458 g/mol. The Balaban J connectivity index is 0.00000199. The number of aromatic nitrogens is 2. The van der Waals surface area contributed by atoms with Crippen LogP contribution in [0.1, 0.15) is 47.7 Å². The van der Waals surface area contributed by atoms with Crippen molar-refractivity contribution in [2.45, 2.75) is 40.2 Å². The SMILES string of the molecule is CC.Cc1nc2ccc(CN(C)c3ccc(C(=O)C(CCC(=O)O)C(=O)O)s3)cc2c(=O)n1C. The second-order valence-electron chi connectivity index (χ2n) is 7.56. The second-order valence-corrected chi connectivity index (χ2v) is 8.62. The fourth-order valence-corrected chi connectivity index (χ4v) is 4.31. The van der Waals surface area contributed by atoms with Crippen molar-refractivity contribution in [1.29, 1.82) is 0 Å². The van der Waals surface area contributed by atoms with Crippen LogP contribution >= 0.6 is 11.3 Å². The third-order valence-corrected chi connectivity index (χ3v) is 6.47. The van der Waals surface area contributed by atoms with Gasteiger partial charge in [-0.15, -0.1) is 11.3 Å². The van der Waals surface area contributed by atoms with Gasteiger partial charge in [0.2, 0.25) is 0 Å². The summed E-state index contributed by atoms with van der Waals surface area (Å²) in [5.74, 6) is -3.84. The van der Waals surface area contributed by atoms with E-state index >= 15 is 0 Å². The molecule has 3 rings (SSSR count). The Morgan fingerprint density at radius 3 is 2.44 bits per heavy atom. The number of carboxylic acid groups (broad SMARTS) is 2. The molecule has 0 spiro atoms. The first kappa shape index (κ1) is 26.7. The Morgan fingerprint density at radius 2 is 1.82 bits per heavy atom. The van der Waals surface area contributed by atoms with Gasteiger partial charge in [0, 0.05) is 27.1 Å². The molecule has 0 radical (unpaired) electrons. The van der Waals surface area contributed by atoms with Crippen LogP contribution in [0.25, 0.3) is 10.9 Å². The summed E-state index contributed by atoms with van der Waals surface area (Å²) in [4.78, 5) is 53.9. The highest BCUT2D eigenvalue weighted by molar-refractivity contribution is 7.18. The van der Waals surface area contributed by atoms with Crippen LogP contribution in [-0.4, -0.2) is 44.5 Å². The lowest BCUT2D eigenvalue weighted by Gasteiger charge is -2.17. The number of nitrogens with zero attached hydrogens (tertiary/aromatic N) is 3. The zero-order valence-electron chi connectivity index (χ0n) is 19.9. The number of Topliss-reactive ketones (excluding diaryl/α,β-unsaturated/α-hetero) is 1. The normalized spacial score (nSPS) is 11.4. The number of hydrogen-bond acceptors (Lipinski definition) is 7. The lowest BCUT2D eigenvalue weighted by atomic mass is 9.97. The molecule has 0 amide bonds. The second kappa shape index (κ2) is 11.6. The maximum absolute atomic E-state index is 12.6. The first-order valence-electron chi connectivity index (χ1n) is 10.8. The minimum Gasteiger partial charge on any atom is -0.481 e. The van der Waals surface area contributed by atoms with Gasteiger partial charge in [-0.1, -0.05) is 19.9 Å². The van der Waals surface area contributed by atoms with E-state index in [1.165, 1.54) is 4.57 Å². The molecule has 2 N–H and O–H groups in total. The summed E-state index contributed by atoms with van der Waals surface area (Å²) in [5, 5.41) is 19.4. The number of carboxylic acids is 2. The van der Waals surface area contributed by atoms with E-state index in [9.17, 15) is 24.3 Å². The molecule has 10 heteroatoms. The van der Waals surface area contributed by atoms with Crippen LogP contribution in [-0.2, 0) is 23.2 Å². The van der Waals surface area contributed by atoms with E-state index in [-0.39, 0.29) is 16.9 Å². The third kappa shape index (κ3) is 6.07. The van der Waals surface area contributed by atoms with Crippen molar-refractivity contribution >= 4 is 45.0 Å². The summed E-state index contributed by atoms with van der Waals surface area (Å²) in [6, 6.07) is 8.76. The number of thiophene rings is 1. The largest absolute Gasteiger partial charge is 0.481 e. The molecule has 0 aliphatic heterocycles. The average Bonchev–Trinajstić information content (AvgIpc) is 3.29. The van der Waals surface area contributed by atoms with E-state index < -0.39 is 30.1 Å². The molecule has 0 saturated heterocycles. The van der Waals surface area contributed by atoms with Gasteiger partial charge in [0.1, 0.15) is 11.7 Å². The molecule has 9 nitrogen and oxygen atoms in total. The first-order valence-corrected chi connectivity index (χ1v) is 11.7. The summed E-state index contributed by atoms with van der Waals surface area (Å²) in [5.41, 5.74) is 1.39. The zero-order valence-corrected chi connectivity index (χ0v) is 20.7. The summed E-state index contributed by atoms with van der Waals surface area (Å²) in [7, 11) is 3.50. The minimum absolute atomic E-state index is 0.123. The van der Waals surface area contributed by atoms with Crippen LogP contribution in [0.3, 0.4) is 0 Å². The van der Waals surface area contributed by atoms with Gasteiger partial charge in [0.15, 0.2) is 5.78 Å². The Kier molecular flexibility index (Phi) is 9.08. The van der Waals surface area contributed by atoms with Crippen LogP contribution in [0, 0.1) is 12.8 Å². The van der Waals surface area contributed by atoms with Gasteiger partial charge in [-0.05, 0) is 43.2 Å². The van der Waals surface area contributed by atoms with E-state index in [4.69, 9.17) is 5.11 Å². The predicted molar refractivity (Wildman–Crippen MR) is 132 cm³/mol. The highest BCUT2D eigenvalue weighted by Gasteiger charge is 2.29. The molecule has 2 heterocycles. The first-order chi connectivity index (χ1) is 16.1. The molecule has 1 atom stereocenters. The van der Waals surface area contributed by atoms with Crippen molar-refractivity contribution in [2.75, 3.05) is 11.9 Å². The molecule has 0 aliphatic rings. The molecular formula is C24H29N3O6S. The van der Waals surface area contributed by atoms with Crippen molar-refractivity contribution in [1.82, 2.24) is 9.55 Å². The number of aliphatic carboxylic acids is 2. The number of carbonyl (C=O) groups excluding carboxylic acids is 1. The van der Waals surface area contributed by atoms with Crippen LogP contribution in [0.4, 0.5) is 5.00 Å². The van der Waals surface area contributed by atoms with Gasteiger partial charge in [0.25, 0.3) is 5.56 Å². The Hall–Kier alpha value is -3.53. The Morgan fingerprint density at radius 1 is 1.15 bits per heavy atom. The van der Waals surface area contributed by atoms with Crippen molar-refractivity contribution in [3.8, 4) is 0 Å². The molecule has 1 aromatic carbocycles.